The molecule has 0 spiro atoms. The van der Waals surface area contributed by atoms with Gasteiger partial charge < -0.3 is 0 Å². The molecule has 0 saturated heterocycles. The van der Waals surface area contributed by atoms with Crippen LogP contribution in [0.3, 0.4) is 0 Å². The molecule has 0 amide bonds. The van der Waals surface area contributed by atoms with E-state index in [1.54, 1.807) is 33.4 Å². The fourth-order valence-electron chi connectivity index (χ4n) is 10.1. The summed E-state index contributed by atoms with van der Waals surface area (Å²) in [4.78, 5) is 0. The number of hydrogen-bond acceptors (Lipinski definition) is 0. The van der Waals surface area contributed by atoms with Crippen LogP contribution in [-0.2, 0) is 0 Å². The lowest BCUT2D eigenvalue weighted by Crippen LogP contribution is -2.28. The van der Waals surface area contributed by atoms with Gasteiger partial charge in [0.15, 0.2) is 0 Å². The molecule has 0 aromatic heterocycles. The van der Waals surface area contributed by atoms with Gasteiger partial charge in [-0.1, -0.05) is 148 Å². The van der Waals surface area contributed by atoms with Gasteiger partial charge >= 0.3 is 0 Å². The third-order valence-electron chi connectivity index (χ3n) is 12.6. The number of fused-ring (bicyclic) bond motifs is 4. The molecular formula is C48H44. The summed E-state index contributed by atoms with van der Waals surface area (Å²) in [6.45, 7) is 7.01. The van der Waals surface area contributed by atoms with Crippen LogP contribution in [0.2, 0.25) is 0 Å². The summed E-state index contributed by atoms with van der Waals surface area (Å²) in [7, 11) is 0. The molecule has 0 radical (unpaired) electrons. The van der Waals surface area contributed by atoms with Crippen LogP contribution in [0.15, 0.2) is 160 Å². The van der Waals surface area contributed by atoms with E-state index in [-0.39, 0.29) is 5.41 Å². The minimum Gasteiger partial charge on any atom is -0.0767 e. The van der Waals surface area contributed by atoms with Crippen LogP contribution >= 0.6 is 0 Å². The van der Waals surface area contributed by atoms with E-state index >= 15 is 0 Å². The smallest absolute Gasteiger partial charge is 0.0199 e. The van der Waals surface area contributed by atoms with Crippen molar-refractivity contribution in [3.8, 4) is 0 Å². The highest BCUT2D eigenvalue weighted by Gasteiger charge is 2.39. The Kier molecular flexibility index (Phi) is 6.27. The van der Waals surface area contributed by atoms with Gasteiger partial charge in [0.25, 0.3) is 0 Å². The third-order valence-corrected chi connectivity index (χ3v) is 12.6. The average Bonchev–Trinajstić information content (AvgIpc) is 3.12. The minimum absolute atomic E-state index is 0.162. The van der Waals surface area contributed by atoms with Crippen LogP contribution in [0.4, 0.5) is 0 Å². The van der Waals surface area contributed by atoms with Crippen LogP contribution in [0, 0.1) is 35.0 Å². The molecule has 6 unspecified atom stereocenters. The summed E-state index contributed by atoms with van der Waals surface area (Å²) >= 11 is 0. The van der Waals surface area contributed by atoms with E-state index in [9.17, 15) is 0 Å². The lowest BCUT2D eigenvalue weighted by Gasteiger charge is -2.40. The van der Waals surface area contributed by atoms with Crippen LogP contribution in [0.1, 0.15) is 74.6 Å². The summed E-state index contributed by atoms with van der Waals surface area (Å²) in [6, 6.07) is 4.81. The molecule has 1 aromatic carbocycles. The van der Waals surface area contributed by atoms with E-state index in [1.807, 2.05) is 0 Å². The van der Waals surface area contributed by atoms with Crippen molar-refractivity contribution in [1.82, 2.24) is 0 Å². The lowest BCUT2D eigenvalue weighted by atomic mass is 9.64. The molecule has 0 heterocycles. The van der Waals surface area contributed by atoms with Gasteiger partial charge in [0.1, 0.15) is 0 Å². The maximum absolute atomic E-state index is 2.60. The molecule has 0 bridgehead atoms. The van der Waals surface area contributed by atoms with Gasteiger partial charge in [-0.05, 0) is 104 Å². The molecule has 1 aromatic rings. The number of allylic oxidation sites excluding steroid dienone is 26. The first-order valence-electron chi connectivity index (χ1n) is 18.4. The van der Waals surface area contributed by atoms with Crippen LogP contribution < -0.4 is 0 Å². The molecule has 0 nitrogen and oxygen atoms in total. The molecule has 6 atom stereocenters. The predicted molar refractivity (Wildman–Crippen MR) is 203 cm³/mol. The zero-order chi connectivity index (χ0) is 32.1. The normalized spacial score (nSPS) is 31.6. The van der Waals surface area contributed by atoms with E-state index in [1.165, 1.54) is 39.0 Å². The zero-order valence-corrected chi connectivity index (χ0v) is 28.4. The summed E-state index contributed by atoms with van der Waals surface area (Å²) in [5.74, 6) is 2.69. The maximum Gasteiger partial charge on any atom is 0.0199 e. The van der Waals surface area contributed by atoms with Gasteiger partial charge in [-0.3, -0.25) is 0 Å². The Morgan fingerprint density at radius 1 is 0.583 bits per heavy atom. The first kappa shape index (κ1) is 28.6. The van der Waals surface area contributed by atoms with Gasteiger partial charge in [0, 0.05) is 35.5 Å². The van der Waals surface area contributed by atoms with Crippen molar-refractivity contribution >= 4 is 17.7 Å². The van der Waals surface area contributed by atoms with Crippen molar-refractivity contribution in [3.05, 3.63) is 182 Å². The lowest BCUT2D eigenvalue weighted by molar-refractivity contribution is 0.499. The highest BCUT2D eigenvalue weighted by Crippen LogP contribution is 2.53. The van der Waals surface area contributed by atoms with E-state index in [0.717, 1.165) is 25.7 Å². The van der Waals surface area contributed by atoms with Crippen molar-refractivity contribution in [2.45, 2.75) is 52.4 Å². The van der Waals surface area contributed by atoms with E-state index in [4.69, 9.17) is 0 Å². The van der Waals surface area contributed by atoms with Gasteiger partial charge in [-0.2, -0.15) is 0 Å². The van der Waals surface area contributed by atoms with Crippen molar-refractivity contribution in [2.24, 2.45) is 35.0 Å². The monoisotopic (exact) mass is 620 g/mol. The summed E-state index contributed by atoms with van der Waals surface area (Å²) < 4.78 is 0. The van der Waals surface area contributed by atoms with Crippen molar-refractivity contribution < 1.29 is 0 Å². The van der Waals surface area contributed by atoms with Crippen molar-refractivity contribution in [1.29, 1.82) is 0 Å². The van der Waals surface area contributed by atoms with E-state index in [2.05, 4.69) is 148 Å². The quantitative estimate of drug-likeness (QED) is 0.309. The largest absolute Gasteiger partial charge is 0.0767 e. The Balaban J connectivity index is 1.00. The fourth-order valence-corrected chi connectivity index (χ4v) is 10.1. The molecule has 9 aliphatic rings. The highest BCUT2D eigenvalue weighted by molar-refractivity contribution is 5.85. The van der Waals surface area contributed by atoms with Gasteiger partial charge in [0.2, 0.25) is 0 Å². The SMILES string of the molecule is CC(C)(C)C1=CC2C=Cc3ccc(C4=CC5=C(C=C(C6=CC7=C(C=CC8C=CC=CC78)C7C=CC=CC67)CC5)CC4)c4c3C2C(=C1)C=C4. The van der Waals surface area contributed by atoms with E-state index < -0.39 is 0 Å². The van der Waals surface area contributed by atoms with Crippen molar-refractivity contribution in [3.63, 3.8) is 0 Å². The molecule has 0 heteroatoms. The summed E-state index contributed by atoms with van der Waals surface area (Å²) in [5.41, 5.74) is 19.8. The molecular weight excluding hydrogens is 577 g/mol. The molecule has 10 rings (SSSR count). The Morgan fingerprint density at radius 3 is 2.15 bits per heavy atom. The predicted octanol–water partition coefficient (Wildman–Crippen LogP) is 12.1. The Labute approximate surface area is 286 Å². The van der Waals surface area contributed by atoms with Crippen LogP contribution in [-0.4, -0.2) is 0 Å². The minimum atomic E-state index is 0.162. The number of rotatable bonds is 2. The molecule has 48 heavy (non-hydrogen) atoms. The Hall–Kier alpha value is -4.42. The van der Waals surface area contributed by atoms with Gasteiger partial charge in [-0.25, -0.2) is 0 Å². The van der Waals surface area contributed by atoms with Crippen LogP contribution in [0.25, 0.3) is 17.7 Å². The second kappa shape index (κ2) is 10.5. The van der Waals surface area contributed by atoms with Crippen LogP contribution in [0.5, 0.6) is 0 Å². The zero-order valence-electron chi connectivity index (χ0n) is 28.4. The van der Waals surface area contributed by atoms with E-state index in [0.29, 0.717) is 35.5 Å². The Bertz CT molecular complexity index is 2110. The third kappa shape index (κ3) is 4.34. The highest BCUT2D eigenvalue weighted by atomic mass is 14.4. The first-order chi connectivity index (χ1) is 23.4. The van der Waals surface area contributed by atoms with Crippen molar-refractivity contribution in [2.75, 3.05) is 0 Å². The van der Waals surface area contributed by atoms with Gasteiger partial charge in [-0.15, -0.1) is 0 Å². The number of benzene rings is 1. The summed E-state index contributed by atoms with van der Waals surface area (Å²) in [6.07, 6.45) is 50.6. The molecule has 236 valence electrons. The number of hydrogen-bond donors (Lipinski definition) is 0. The molecule has 9 aliphatic carbocycles. The topological polar surface area (TPSA) is 0 Å². The average molecular weight is 621 g/mol. The molecule has 0 N–H and O–H groups in total. The molecule has 0 aliphatic heterocycles. The first-order valence-corrected chi connectivity index (χ1v) is 18.4. The Morgan fingerprint density at radius 2 is 1.31 bits per heavy atom. The summed E-state index contributed by atoms with van der Waals surface area (Å²) in [5, 5.41) is 0. The second-order valence-electron chi connectivity index (χ2n) is 16.2. The molecule has 0 saturated carbocycles. The van der Waals surface area contributed by atoms with Gasteiger partial charge in [0.05, 0.1) is 0 Å². The maximum atomic E-state index is 2.60. The standard InChI is InChI=1S/C48H44/c1-48(2,3)37-26-35-17-12-30-19-21-39(43-23-20-36(27-37)46(35)47(30)43)33-15-13-32-25-34(16-14-31(32)24-33)44-28-45-38-9-5-4-8-29(38)18-22-42(45)40-10-6-7-11-41(40)44/h4-12,17-29,35,38,40-41,46H,13-16H2,1-3H3. The second-order valence-corrected chi connectivity index (χ2v) is 16.2. The fraction of sp³-hybridized carbons (Fsp3) is 0.292. The molecule has 0 fully saturated rings.